The van der Waals surface area contributed by atoms with E-state index in [0.29, 0.717) is 18.8 Å². The van der Waals surface area contributed by atoms with Gasteiger partial charge in [-0.2, -0.15) is 0 Å². The summed E-state index contributed by atoms with van der Waals surface area (Å²) in [7, 11) is -0.219. The Morgan fingerprint density at radius 3 is 2.39 bits per heavy atom. The summed E-state index contributed by atoms with van der Waals surface area (Å²) in [4.78, 5) is 13.8. The van der Waals surface area contributed by atoms with Crippen molar-refractivity contribution in [2.75, 3.05) is 20.2 Å². The van der Waals surface area contributed by atoms with Crippen LogP contribution in [0.4, 0.5) is 0 Å². The SMILES string of the molecule is CCN(CC)C(=O)c1ccc(OC)cc1B(O)O. The standard InChI is InChI=1S/C12H18BNO4/c1-4-14(5-2)12(15)10-7-6-9(18-3)8-11(10)13(16)17/h6-8,16-17H,4-5H2,1-3H3. The van der Waals surface area contributed by atoms with Crippen LogP contribution in [0.5, 0.6) is 5.75 Å². The highest BCUT2D eigenvalue weighted by Gasteiger charge is 2.23. The monoisotopic (exact) mass is 251 g/mol. The molecule has 6 heteroatoms. The highest BCUT2D eigenvalue weighted by Crippen LogP contribution is 2.12. The van der Waals surface area contributed by atoms with Crippen LogP contribution in [0, 0.1) is 0 Å². The van der Waals surface area contributed by atoms with E-state index in [9.17, 15) is 14.8 Å². The van der Waals surface area contributed by atoms with Gasteiger partial charge in [0.1, 0.15) is 5.75 Å². The number of hydrogen-bond acceptors (Lipinski definition) is 4. The molecule has 0 radical (unpaired) electrons. The van der Waals surface area contributed by atoms with E-state index < -0.39 is 7.12 Å². The van der Waals surface area contributed by atoms with E-state index >= 15 is 0 Å². The zero-order chi connectivity index (χ0) is 13.7. The van der Waals surface area contributed by atoms with Crippen LogP contribution in [0.25, 0.3) is 0 Å². The summed E-state index contributed by atoms with van der Waals surface area (Å²) in [5.41, 5.74) is 0.445. The number of benzene rings is 1. The molecule has 98 valence electrons. The second-order valence-electron chi connectivity index (χ2n) is 3.80. The van der Waals surface area contributed by atoms with E-state index in [0.717, 1.165) is 0 Å². The van der Waals surface area contributed by atoms with Crippen LogP contribution in [0.3, 0.4) is 0 Å². The molecule has 1 rings (SSSR count). The summed E-state index contributed by atoms with van der Waals surface area (Å²) in [5.74, 6) is 0.264. The molecular formula is C12H18BNO4. The maximum Gasteiger partial charge on any atom is 0.489 e. The fourth-order valence-electron chi connectivity index (χ4n) is 1.76. The minimum absolute atomic E-state index is 0.159. The molecule has 0 aromatic heterocycles. The first-order valence-corrected chi connectivity index (χ1v) is 5.88. The Labute approximate surface area is 107 Å². The van der Waals surface area contributed by atoms with Gasteiger partial charge in [-0.15, -0.1) is 0 Å². The van der Waals surface area contributed by atoms with Gasteiger partial charge in [-0.1, -0.05) is 0 Å². The quantitative estimate of drug-likeness (QED) is 0.714. The van der Waals surface area contributed by atoms with Crippen molar-refractivity contribution in [2.45, 2.75) is 13.8 Å². The minimum atomic E-state index is -1.70. The molecule has 0 bridgehead atoms. The number of methoxy groups -OCH3 is 1. The average molecular weight is 251 g/mol. The molecule has 0 aliphatic rings. The Kier molecular flexibility index (Phi) is 5.18. The highest BCUT2D eigenvalue weighted by atomic mass is 16.5. The Morgan fingerprint density at radius 2 is 1.94 bits per heavy atom. The molecule has 0 spiro atoms. The van der Waals surface area contributed by atoms with Gasteiger partial charge in [0.2, 0.25) is 0 Å². The number of carbonyl (C=O) groups is 1. The third kappa shape index (κ3) is 3.03. The van der Waals surface area contributed by atoms with E-state index in [1.807, 2.05) is 13.8 Å². The molecular weight excluding hydrogens is 233 g/mol. The Balaban J connectivity index is 3.18. The van der Waals surface area contributed by atoms with Crippen molar-refractivity contribution in [3.8, 4) is 5.75 Å². The first-order chi connectivity index (χ1) is 8.54. The van der Waals surface area contributed by atoms with Crippen LogP contribution in [0.1, 0.15) is 24.2 Å². The molecule has 0 unspecified atom stereocenters. The summed E-state index contributed by atoms with van der Waals surface area (Å²) in [5, 5.41) is 18.7. The smallest absolute Gasteiger partial charge is 0.489 e. The summed E-state index contributed by atoms with van der Waals surface area (Å²) < 4.78 is 5.01. The lowest BCUT2D eigenvalue weighted by Gasteiger charge is -2.20. The van der Waals surface area contributed by atoms with Crippen LogP contribution in [0.15, 0.2) is 18.2 Å². The van der Waals surface area contributed by atoms with Crippen LogP contribution >= 0.6 is 0 Å². The first kappa shape index (κ1) is 14.5. The van der Waals surface area contributed by atoms with Crippen LogP contribution < -0.4 is 10.2 Å². The van der Waals surface area contributed by atoms with Crippen LogP contribution in [-0.2, 0) is 0 Å². The molecule has 1 amide bonds. The third-order valence-electron chi connectivity index (χ3n) is 2.82. The van der Waals surface area contributed by atoms with Crippen molar-refractivity contribution in [1.29, 1.82) is 0 Å². The first-order valence-electron chi connectivity index (χ1n) is 5.88. The van der Waals surface area contributed by atoms with Gasteiger partial charge >= 0.3 is 7.12 Å². The van der Waals surface area contributed by atoms with E-state index in [1.165, 1.54) is 13.2 Å². The second kappa shape index (κ2) is 6.42. The number of hydrogen-bond donors (Lipinski definition) is 2. The fraction of sp³-hybridized carbons (Fsp3) is 0.417. The van der Waals surface area contributed by atoms with E-state index in [4.69, 9.17) is 4.74 Å². The lowest BCUT2D eigenvalue weighted by Crippen LogP contribution is -2.40. The fourth-order valence-corrected chi connectivity index (χ4v) is 1.76. The number of nitrogens with zero attached hydrogens (tertiary/aromatic N) is 1. The van der Waals surface area contributed by atoms with Gasteiger partial charge in [0.05, 0.1) is 7.11 Å². The van der Waals surface area contributed by atoms with Gasteiger partial charge in [0, 0.05) is 18.7 Å². The van der Waals surface area contributed by atoms with Crippen molar-refractivity contribution >= 4 is 18.5 Å². The van der Waals surface area contributed by atoms with Gasteiger partial charge in [0.15, 0.2) is 0 Å². The zero-order valence-corrected chi connectivity index (χ0v) is 10.9. The average Bonchev–Trinajstić information content (AvgIpc) is 2.39. The number of ether oxygens (including phenoxy) is 1. The Hall–Kier alpha value is -1.53. The van der Waals surface area contributed by atoms with Crippen LogP contribution in [0.2, 0.25) is 0 Å². The summed E-state index contributed by atoms with van der Waals surface area (Å²) >= 11 is 0. The molecule has 0 fully saturated rings. The van der Waals surface area contributed by atoms with E-state index in [1.54, 1.807) is 17.0 Å². The lowest BCUT2D eigenvalue weighted by molar-refractivity contribution is 0.0774. The minimum Gasteiger partial charge on any atom is -0.497 e. The zero-order valence-electron chi connectivity index (χ0n) is 10.9. The second-order valence-corrected chi connectivity index (χ2v) is 3.80. The summed E-state index contributed by atoms with van der Waals surface area (Å²) in [6.45, 7) is 4.89. The molecule has 0 heterocycles. The number of amides is 1. The van der Waals surface area contributed by atoms with E-state index in [2.05, 4.69) is 0 Å². The van der Waals surface area contributed by atoms with Gasteiger partial charge in [-0.05, 0) is 37.5 Å². The molecule has 0 aliphatic heterocycles. The van der Waals surface area contributed by atoms with Crippen molar-refractivity contribution in [1.82, 2.24) is 4.90 Å². The molecule has 0 saturated heterocycles. The van der Waals surface area contributed by atoms with Gasteiger partial charge in [-0.25, -0.2) is 0 Å². The number of carbonyl (C=O) groups excluding carboxylic acids is 1. The van der Waals surface area contributed by atoms with Gasteiger partial charge < -0.3 is 19.7 Å². The van der Waals surface area contributed by atoms with Gasteiger partial charge in [-0.3, -0.25) is 4.79 Å². The van der Waals surface area contributed by atoms with Crippen molar-refractivity contribution in [2.24, 2.45) is 0 Å². The maximum atomic E-state index is 12.2. The molecule has 1 aromatic rings. The predicted octanol–water partition coefficient (Wildman–Crippen LogP) is -0.143. The maximum absolute atomic E-state index is 12.2. The Bertz CT molecular complexity index is 419. The van der Waals surface area contributed by atoms with Gasteiger partial charge in [0.25, 0.3) is 5.91 Å². The van der Waals surface area contributed by atoms with Crippen molar-refractivity contribution in [3.05, 3.63) is 23.8 Å². The molecule has 0 aliphatic carbocycles. The molecule has 0 saturated carbocycles. The topological polar surface area (TPSA) is 70.0 Å². The normalized spacial score (nSPS) is 10.1. The highest BCUT2D eigenvalue weighted by molar-refractivity contribution is 6.60. The third-order valence-corrected chi connectivity index (χ3v) is 2.82. The molecule has 18 heavy (non-hydrogen) atoms. The lowest BCUT2D eigenvalue weighted by atomic mass is 9.76. The largest absolute Gasteiger partial charge is 0.497 e. The predicted molar refractivity (Wildman–Crippen MR) is 70.1 cm³/mol. The number of rotatable bonds is 5. The summed E-state index contributed by atoms with van der Waals surface area (Å²) in [6.07, 6.45) is 0. The molecule has 0 atom stereocenters. The van der Waals surface area contributed by atoms with E-state index in [-0.39, 0.29) is 16.9 Å². The van der Waals surface area contributed by atoms with Crippen LogP contribution in [-0.4, -0.2) is 48.2 Å². The molecule has 2 N–H and O–H groups in total. The molecule has 5 nitrogen and oxygen atoms in total. The summed E-state index contributed by atoms with van der Waals surface area (Å²) in [6, 6.07) is 4.64. The Morgan fingerprint density at radius 1 is 1.33 bits per heavy atom. The van der Waals surface area contributed by atoms with Crippen molar-refractivity contribution < 1.29 is 19.6 Å². The molecule has 1 aromatic carbocycles. The van der Waals surface area contributed by atoms with Crippen molar-refractivity contribution in [3.63, 3.8) is 0 Å².